The van der Waals surface area contributed by atoms with Crippen molar-refractivity contribution >= 4 is 18.3 Å². The third kappa shape index (κ3) is 3.00. The molecule has 1 fully saturated rings. The van der Waals surface area contributed by atoms with Gasteiger partial charge in [-0.25, -0.2) is 4.98 Å². The Morgan fingerprint density at radius 3 is 2.60 bits per heavy atom. The van der Waals surface area contributed by atoms with Gasteiger partial charge < -0.3 is 14.6 Å². The van der Waals surface area contributed by atoms with E-state index in [4.69, 9.17) is 4.42 Å². The Labute approximate surface area is 123 Å². The number of carbonyl (C=O) groups excluding carboxylic acids is 1. The predicted octanol–water partition coefficient (Wildman–Crippen LogP) is 1.81. The quantitative estimate of drug-likeness (QED) is 0.917. The Hall–Kier alpha value is -1.85. The highest BCUT2D eigenvalue weighted by molar-refractivity contribution is 5.92. The van der Waals surface area contributed by atoms with Crippen LogP contribution in [-0.4, -0.2) is 42.0 Å². The van der Waals surface area contributed by atoms with Crippen LogP contribution in [0.5, 0.6) is 0 Å². The molecular formula is C14H16ClN3O2. The van der Waals surface area contributed by atoms with E-state index in [0.717, 1.165) is 18.7 Å². The van der Waals surface area contributed by atoms with Crippen LogP contribution in [0.2, 0.25) is 0 Å². The van der Waals surface area contributed by atoms with Gasteiger partial charge in [0.1, 0.15) is 6.26 Å². The summed E-state index contributed by atoms with van der Waals surface area (Å²) in [4.78, 5) is 18.3. The number of aromatic nitrogens is 1. The number of benzene rings is 1. The molecule has 106 valence electrons. The van der Waals surface area contributed by atoms with Crippen LogP contribution in [-0.2, 0) is 0 Å². The van der Waals surface area contributed by atoms with Crippen LogP contribution in [0.4, 0.5) is 0 Å². The highest BCUT2D eigenvalue weighted by Crippen LogP contribution is 2.18. The predicted molar refractivity (Wildman–Crippen MR) is 78.0 cm³/mol. The molecular weight excluding hydrogens is 278 g/mol. The van der Waals surface area contributed by atoms with Crippen LogP contribution in [0.1, 0.15) is 10.5 Å². The number of hydrogen-bond acceptors (Lipinski definition) is 4. The third-order valence-corrected chi connectivity index (χ3v) is 3.15. The SMILES string of the molecule is Cl.O=C(c1coc(-c2ccccc2)n1)N1CCNCC1. The Bertz CT molecular complexity index is 565. The van der Waals surface area contributed by atoms with Crippen LogP contribution in [0.15, 0.2) is 41.0 Å². The minimum Gasteiger partial charge on any atom is -0.444 e. The molecule has 0 saturated carbocycles. The van der Waals surface area contributed by atoms with Gasteiger partial charge in [0.15, 0.2) is 5.69 Å². The number of hydrogen-bond donors (Lipinski definition) is 1. The number of piperazine rings is 1. The van der Waals surface area contributed by atoms with Gasteiger partial charge in [-0.3, -0.25) is 4.79 Å². The topological polar surface area (TPSA) is 58.4 Å². The zero-order chi connectivity index (χ0) is 13.1. The smallest absolute Gasteiger partial charge is 0.275 e. The minimum atomic E-state index is -0.0626. The van der Waals surface area contributed by atoms with E-state index in [9.17, 15) is 4.79 Å². The van der Waals surface area contributed by atoms with Gasteiger partial charge in [-0.05, 0) is 12.1 Å². The monoisotopic (exact) mass is 293 g/mol. The number of nitrogens with zero attached hydrogens (tertiary/aromatic N) is 2. The molecule has 1 aliphatic heterocycles. The standard InChI is InChI=1S/C14H15N3O2.ClH/c18-14(17-8-6-15-7-9-17)12-10-19-13(16-12)11-4-2-1-3-5-11;/h1-5,10,15H,6-9H2;1H. The van der Waals surface area contributed by atoms with Crippen molar-refractivity contribution < 1.29 is 9.21 Å². The van der Waals surface area contributed by atoms with E-state index >= 15 is 0 Å². The maximum atomic E-state index is 12.2. The first kappa shape index (κ1) is 14.6. The third-order valence-electron chi connectivity index (χ3n) is 3.15. The minimum absolute atomic E-state index is 0. The van der Waals surface area contributed by atoms with Crippen molar-refractivity contribution in [3.05, 3.63) is 42.3 Å². The second-order valence-corrected chi connectivity index (χ2v) is 4.45. The summed E-state index contributed by atoms with van der Waals surface area (Å²) in [6, 6.07) is 9.57. The van der Waals surface area contributed by atoms with Gasteiger partial charge in [-0.15, -0.1) is 12.4 Å². The van der Waals surface area contributed by atoms with Crippen molar-refractivity contribution in [1.29, 1.82) is 0 Å². The van der Waals surface area contributed by atoms with Crippen molar-refractivity contribution in [3.63, 3.8) is 0 Å². The average Bonchev–Trinajstić information content (AvgIpc) is 2.98. The van der Waals surface area contributed by atoms with Crippen molar-refractivity contribution in [2.24, 2.45) is 0 Å². The molecule has 0 unspecified atom stereocenters. The number of oxazole rings is 1. The molecule has 1 aromatic heterocycles. The Balaban J connectivity index is 0.00000147. The van der Waals surface area contributed by atoms with E-state index in [0.29, 0.717) is 24.7 Å². The fourth-order valence-corrected chi connectivity index (χ4v) is 2.12. The second-order valence-electron chi connectivity index (χ2n) is 4.45. The number of amides is 1. The average molecular weight is 294 g/mol. The normalized spacial score (nSPS) is 14.7. The second kappa shape index (κ2) is 6.54. The zero-order valence-electron chi connectivity index (χ0n) is 10.9. The van der Waals surface area contributed by atoms with E-state index in [1.165, 1.54) is 6.26 Å². The lowest BCUT2D eigenvalue weighted by Gasteiger charge is -2.26. The van der Waals surface area contributed by atoms with E-state index < -0.39 is 0 Å². The molecule has 0 spiro atoms. The molecule has 20 heavy (non-hydrogen) atoms. The van der Waals surface area contributed by atoms with Crippen molar-refractivity contribution in [1.82, 2.24) is 15.2 Å². The summed E-state index contributed by atoms with van der Waals surface area (Å²) in [7, 11) is 0. The first-order valence-corrected chi connectivity index (χ1v) is 6.35. The van der Waals surface area contributed by atoms with E-state index in [-0.39, 0.29) is 18.3 Å². The Kier molecular flexibility index (Phi) is 4.76. The molecule has 3 rings (SSSR count). The molecule has 1 amide bonds. The van der Waals surface area contributed by atoms with E-state index in [1.54, 1.807) is 4.90 Å². The van der Waals surface area contributed by atoms with E-state index in [1.807, 2.05) is 30.3 Å². The lowest BCUT2D eigenvalue weighted by molar-refractivity contribution is 0.0730. The molecule has 0 aliphatic carbocycles. The van der Waals surface area contributed by atoms with Crippen LogP contribution >= 0.6 is 12.4 Å². The molecule has 0 radical (unpaired) electrons. The first-order valence-electron chi connectivity index (χ1n) is 6.35. The van der Waals surface area contributed by atoms with Crippen molar-refractivity contribution in [2.45, 2.75) is 0 Å². The maximum Gasteiger partial charge on any atom is 0.275 e. The fraction of sp³-hybridized carbons (Fsp3) is 0.286. The highest BCUT2D eigenvalue weighted by Gasteiger charge is 2.21. The summed E-state index contributed by atoms with van der Waals surface area (Å²) in [5.74, 6) is 0.423. The zero-order valence-corrected chi connectivity index (χ0v) is 11.7. The summed E-state index contributed by atoms with van der Waals surface area (Å²) < 4.78 is 5.39. The maximum absolute atomic E-state index is 12.2. The largest absolute Gasteiger partial charge is 0.444 e. The molecule has 5 nitrogen and oxygen atoms in total. The molecule has 6 heteroatoms. The molecule has 0 bridgehead atoms. The fourth-order valence-electron chi connectivity index (χ4n) is 2.12. The summed E-state index contributed by atoms with van der Waals surface area (Å²) in [6.45, 7) is 3.09. The summed E-state index contributed by atoms with van der Waals surface area (Å²) in [5.41, 5.74) is 1.25. The lowest BCUT2D eigenvalue weighted by atomic mass is 10.2. The highest BCUT2D eigenvalue weighted by atomic mass is 35.5. The Morgan fingerprint density at radius 2 is 1.90 bits per heavy atom. The molecule has 1 aromatic carbocycles. The van der Waals surface area contributed by atoms with E-state index in [2.05, 4.69) is 10.3 Å². The Morgan fingerprint density at radius 1 is 1.20 bits per heavy atom. The number of rotatable bonds is 2. The molecule has 2 aromatic rings. The van der Waals surface area contributed by atoms with Gasteiger partial charge in [-0.2, -0.15) is 0 Å². The van der Waals surface area contributed by atoms with Gasteiger partial charge in [0.2, 0.25) is 5.89 Å². The summed E-state index contributed by atoms with van der Waals surface area (Å²) in [6.07, 6.45) is 1.44. The van der Waals surface area contributed by atoms with Crippen molar-refractivity contribution in [3.8, 4) is 11.5 Å². The molecule has 1 N–H and O–H groups in total. The first-order chi connectivity index (χ1) is 9.34. The van der Waals surface area contributed by atoms with Gasteiger partial charge in [0.25, 0.3) is 5.91 Å². The van der Waals surface area contributed by atoms with Crippen LogP contribution in [0, 0.1) is 0 Å². The molecule has 0 atom stereocenters. The summed E-state index contributed by atoms with van der Waals surface area (Å²) in [5, 5.41) is 3.21. The molecule has 1 aliphatic rings. The molecule has 2 heterocycles. The summed E-state index contributed by atoms with van der Waals surface area (Å²) >= 11 is 0. The van der Waals surface area contributed by atoms with Crippen LogP contribution in [0.25, 0.3) is 11.5 Å². The number of halogens is 1. The molecule has 1 saturated heterocycles. The van der Waals surface area contributed by atoms with Gasteiger partial charge >= 0.3 is 0 Å². The van der Waals surface area contributed by atoms with Gasteiger partial charge in [-0.1, -0.05) is 18.2 Å². The lowest BCUT2D eigenvalue weighted by Crippen LogP contribution is -2.46. The number of carbonyl (C=O) groups is 1. The van der Waals surface area contributed by atoms with Crippen molar-refractivity contribution in [2.75, 3.05) is 26.2 Å². The van der Waals surface area contributed by atoms with Gasteiger partial charge in [0, 0.05) is 31.7 Å². The van der Waals surface area contributed by atoms with Crippen LogP contribution in [0.3, 0.4) is 0 Å². The number of nitrogens with one attached hydrogen (secondary N) is 1. The van der Waals surface area contributed by atoms with Gasteiger partial charge in [0.05, 0.1) is 0 Å². The van der Waals surface area contributed by atoms with Crippen LogP contribution < -0.4 is 5.32 Å².